The number of imidazole rings is 1. The third-order valence-electron chi connectivity index (χ3n) is 4.57. The molecule has 3 aromatic rings. The van der Waals surface area contributed by atoms with Crippen molar-refractivity contribution in [1.82, 2.24) is 18.7 Å². The van der Waals surface area contributed by atoms with Gasteiger partial charge in [0.2, 0.25) is 5.95 Å². The van der Waals surface area contributed by atoms with E-state index in [0.29, 0.717) is 17.9 Å². The molecule has 0 bridgehead atoms. The van der Waals surface area contributed by atoms with Crippen LogP contribution in [0, 0.1) is 5.82 Å². The molecule has 0 spiro atoms. The summed E-state index contributed by atoms with van der Waals surface area (Å²) >= 11 is 0. The first-order chi connectivity index (χ1) is 12.8. The van der Waals surface area contributed by atoms with Crippen LogP contribution >= 0.6 is 0 Å². The molecule has 8 nitrogen and oxygen atoms in total. The summed E-state index contributed by atoms with van der Waals surface area (Å²) in [6.07, 6.45) is 0.472. The van der Waals surface area contributed by atoms with Gasteiger partial charge in [0, 0.05) is 32.3 Å². The summed E-state index contributed by atoms with van der Waals surface area (Å²) in [5, 5.41) is 12.3. The Kier molecular flexibility index (Phi) is 5.13. The minimum Gasteiger partial charge on any atom is -0.396 e. The van der Waals surface area contributed by atoms with Crippen LogP contribution in [0.2, 0.25) is 0 Å². The van der Waals surface area contributed by atoms with Crippen LogP contribution in [0.5, 0.6) is 0 Å². The van der Waals surface area contributed by atoms with Crippen LogP contribution in [0.4, 0.5) is 10.3 Å². The summed E-state index contributed by atoms with van der Waals surface area (Å²) in [5.41, 5.74) is -0.164. The highest BCUT2D eigenvalue weighted by Crippen LogP contribution is 2.20. The van der Waals surface area contributed by atoms with E-state index in [4.69, 9.17) is 5.11 Å². The van der Waals surface area contributed by atoms with E-state index in [2.05, 4.69) is 10.3 Å². The number of benzene rings is 1. The predicted octanol–water partition coefficient (Wildman–Crippen LogP) is 0.804. The van der Waals surface area contributed by atoms with E-state index in [-0.39, 0.29) is 30.4 Å². The average molecular weight is 375 g/mol. The van der Waals surface area contributed by atoms with Gasteiger partial charge in [0.05, 0.1) is 6.54 Å². The van der Waals surface area contributed by atoms with Crippen LogP contribution in [-0.2, 0) is 20.6 Å². The van der Waals surface area contributed by atoms with Crippen molar-refractivity contribution in [2.75, 3.05) is 11.9 Å². The Bertz CT molecular complexity index is 1100. The molecule has 3 rings (SSSR count). The van der Waals surface area contributed by atoms with Crippen molar-refractivity contribution in [3.63, 3.8) is 0 Å². The highest BCUT2D eigenvalue weighted by molar-refractivity contribution is 5.74. The molecular formula is C18H22FN5O3. The molecule has 0 saturated heterocycles. The molecule has 27 heavy (non-hydrogen) atoms. The van der Waals surface area contributed by atoms with Gasteiger partial charge < -0.3 is 10.4 Å². The highest BCUT2D eigenvalue weighted by atomic mass is 19.1. The number of fused-ring (bicyclic) bond motifs is 1. The number of halogens is 1. The van der Waals surface area contributed by atoms with Crippen LogP contribution < -0.4 is 16.6 Å². The molecule has 0 aliphatic heterocycles. The van der Waals surface area contributed by atoms with Crippen LogP contribution in [0.15, 0.2) is 33.9 Å². The monoisotopic (exact) mass is 375 g/mol. The fourth-order valence-corrected chi connectivity index (χ4v) is 2.99. The van der Waals surface area contributed by atoms with Gasteiger partial charge in [0.15, 0.2) is 11.2 Å². The molecule has 0 fully saturated rings. The van der Waals surface area contributed by atoms with E-state index in [1.165, 1.54) is 24.7 Å². The van der Waals surface area contributed by atoms with Crippen molar-refractivity contribution in [3.8, 4) is 0 Å². The summed E-state index contributed by atoms with van der Waals surface area (Å²) < 4.78 is 18.1. The van der Waals surface area contributed by atoms with Gasteiger partial charge in [-0.15, -0.1) is 0 Å². The fourth-order valence-electron chi connectivity index (χ4n) is 2.99. The number of anilines is 1. The molecule has 0 radical (unpaired) electrons. The largest absolute Gasteiger partial charge is 0.396 e. The maximum absolute atomic E-state index is 14.2. The maximum Gasteiger partial charge on any atom is 0.332 e. The number of rotatable bonds is 6. The summed E-state index contributed by atoms with van der Waals surface area (Å²) in [4.78, 5) is 29.4. The Hall–Kier alpha value is -2.94. The standard InChI is InChI=1S/C18H22FN5O3/c1-11(8-9-25)20-17-21-15-14(16(26)23(3)18(27)22(15)2)24(17)10-12-6-4-5-7-13(12)19/h4-7,11,25H,8-10H2,1-3H3,(H,20,21)/t11-/m1/s1. The first kappa shape index (κ1) is 18.8. The SMILES string of the molecule is C[C@H](CCO)Nc1nc2c(c(=O)n(C)c(=O)n2C)n1Cc1ccccc1F. The van der Waals surface area contributed by atoms with Crippen molar-refractivity contribution in [1.29, 1.82) is 0 Å². The molecule has 0 aliphatic rings. The molecule has 2 aromatic heterocycles. The van der Waals surface area contributed by atoms with Gasteiger partial charge in [-0.2, -0.15) is 4.98 Å². The van der Waals surface area contributed by atoms with Crippen molar-refractivity contribution < 1.29 is 9.50 Å². The van der Waals surface area contributed by atoms with Gasteiger partial charge in [0.1, 0.15) is 5.82 Å². The third-order valence-corrected chi connectivity index (χ3v) is 4.57. The number of aromatic nitrogens is 4. The van der Waals surface area contributed by atoms with Gasteiger partial charge in [-0.3, -0.25) is 18.5 Å². The lowest BCUT2D eigenvalue weighted by Gasteiger charge is -2.15. The Morgan fingerprint density at radius 3 is 2.59 bits per heavy atom. The van der Waals surface area contributed by atoms with E-state index in [0.717, 1.165) is 4.57 Å². The van der Waals surface area contributed by atoms with Gasteiger partial charge in [-0.05, 0) is 19.4 Å². The maximum atomic E-state index is 14.2. The number of aliphatic hydroxyl groups is 1. The smallest absolute Gasteiger partial charge is 0.332 e. The van der Waals surface area contributed by atoms with Gasteiger partial charge in [-0.25, -0.2) is 9.18 Å². The minimum atomic E-state index is -0.500. The van der Waals surface area contributed by atoms with Crippen molar-refractivity contribution >= 4 is 17.1 Å². The molecule has 2 N–H and O–H groups in total. The predicted molar refractivity (Wildman–Crippen MR) is 101 cm³/mol. The third kappa shape index (κ3) is 3.37. The van der Waals surface area contributed by atoms with Crippen molar-refractivity contribution in [2.45, 2.75) is 25.9 Å². The molecule has 0 unspecified atom stereocenters. The lowest BCUT2D eigenvalue weighted by Crippen LogP contribution is -2.37. The number of hydrogen-bond acceptors (Lipinski definition) is 5. The Morgan fingerprint density at radius 1 is 1.22 bits per heavy atom. The lowest BCUT2D eigenvalue weighted by molar-refractivity contribution is 0.282. The van der Waals surface area contributed by atoms with E-state index in [1.807, 2.05) is 6.92 Å². The number of nitrogens with zero attached hydrogens (tertiary/aromatic N) is 4. The number of aliphatic hydroxyl groups excluding tert-OH is 1. The topological polar surface area (TPSA) is 94.1 Å². The highest BCUT2D eigenvalue weighted by Gasteiger charge is 2.21. The van der Waals surface area contributed by atoms with E-state index < -0.39 is 17.1 Å². The number of hydrogen-bond donors (Lipinski definition) is 2. The molecule has 1 aromatic carbocycles. The zero-order valence-electron chi connectivity index (χ0n) is 15.4. The second kappa shape index (κ2) is 7.36. The summed E-state index contributed by atoms with van der Waals surface area (Å²) in [5.74, 6) is -0.0529. The van der Waals surface area contributed by atoms with Crippen molar-refractivity contribution in [3.05, 3.63) is 56.5 Å². The van der Waals surface area contributed by atoms with Gasteiger partial charge >= 0.3 is 5.69 Å². The van der Waals surface area contributed by atoms with Crippen LogP contribution in [0.25, 0.3) is 11.2 Å². The average Bonchev–Trinajstić information content (AvgIpc) is 2.98. The zero-order valence-corrected chi connectivity index (χ0v) is 15.4. The van der Waals surface area contributed by atoms with Gasteiger partial charge in [0.25, 0.3) is 5.56 Å². The second-order valence-corrected chi connectivity index (χ2v) is 6.55. The molecule has 0 amide bonds. The molecular weight excluding hydrogens is 353 g/mol. The van der Waals surface area contributed by atoms with Crippen LogP contribution in [-0.4, -0.2) is 36.4 Å². The summed E-state index contributed by atoms with van der Waals surface area (Å²) in [6, 6.07) is 6.16. The van der Waals surface area contributed by atoms with E-state index in [9.17, 15) is 14.0 Å². The fraction of sp³-hybridized carbons (Fsp3) is 0.389. The Labute approximate surface area is 154 Å². The molecule has 144 valence electrons. The molecule has 0 saturated carbocycles. The van der Waals surface area contributed by atoms with Crippen LogP contribution in [0.1, 0.15) is 18.9 Å². The van der Waals surface area contributed by atoms with Crippen LogP contribution in [0.3, 0.4) is 0 Å². The first-order valence-corrected chi connectivity index (χ1v) is 8.62. The number of aryl methyl sites for hydroxylation is 1. The van der Waals surface area contributed by atoms with Gasteiger partial charge in [-0.1, -0.05) is 18.2 Å². The number of nitrogens with one attached hydrogen (secondary N) is 1. The summed E-state index contributed by atoms with van der Waals surface area (Å²) in [7, 11) is 2.93. The second-order valence-electron chi connectivity index (χ2n) is 6.55. The Balaban J connectivity index is 2.25. The minimum absolute atomic E-state index is 0.0119. The normalized spacial score (nSPS) is 12.5. The van der Waals surface area contributed by atoms with Crippen molar-refractivity contribution in [2.24, 2.45) is 14.1 Å². The first-order valence-electron chi connectivity index (χ1n) is 8.62. The zero-order chi connectivity index (χ0) is 19.7. The molecule has 2 heterocycles. The quantitative estimate of drug-likeness (QED) is 0.665. The van der Waals surface area contributed by atoms with E-state index in [1.54, 1.807) is 22.8 Å². The Morgan fingerprint density at radius 2 is 1.93 bits per heavy atom. The molecule has 0 aliphatic carbocycles. The molecule has 1 atom stereocenters. The summed E-state index contributed by atoms with van der Waals surface area (Å²) in [6.45, 7) is 1.92. The van der Waals surface area contributed by atoms with E-state index >= 15 is 0 Å². The lowest BCUT2D eigenvalue weighted by atomic mass is 10.2. The molecule has 9 heteroatoms.